The molecule has 5 aromatic rings. The molecule has 1 aromatic heterocycles. The lowest BCUT2D eigenvalue weighted by molar-refractivity contribution is -0.275. The number of anilines is 2. The van der Waals surface area contributed by atoms with E-state index in [1.165, 1.54) is 54.6 Å². The molecule has 5 N–H and O–H groups in total. The van der Waals surface area contributed by atoms with Gasteiger partial charge in [0, 0.05) is 16.6 Å². The van der Waals surface area contributed by atoms with Crippen molar-refractivity contribution in [1.29, 1.82) is 0 Å². The second-order valence-electron chi connectivity index (χ2n) is 9.14. The van der Waals surface area contributed by atoms with Gasteiger partial charge < -0.3 is 24.8 Å². The summed E-state index contributed by atoms with van der Waals surface area (Å²) in [5.41, 5.74) is 6.06. The topological polar surface area (TPSA) is 125 Å². The lowest BCUT2D eigenvalue weighted by atomic mass is 10.0. The maximum Gasteiger partial charge on any atom is 0.573 e. The van der Waals surface area contributed by atoms with Crippen molar-refractivity contribution in [2.75, 3.05) is 10.9 Å². The van der Waals surface area contributed by atoms with E-state index in [1.807, 2.05) is 0 Å². The largest absolute Gasteiger partial charge is 0.573 e. The van der Waals surface area contributed by atoms with Crippen LogP contribution in [-0.2, 0) is 0 Å². The normalized spacial score (nSPS) is 11.8. The van der Waals surface area contributed by atoms with Gasteiger partial charge in [0.15, 0.2) is 0 Å². The van der Waals surface area contributed by atoms with Crippen molar-refractivity contribution in [3.8, 4) is 39.9 Å². The van der Waals surface area contributed by atoms with Crippen molar-refractivity contribution >= 4 is 28.2 Å². The van der Waals surface area contributed by atoms with Crippen LogP contribution in [0.1, 0.15) is 10.4 Å². The average molecular weight is 619 g/mol. The van der Waals surface area contributed by atoms with Gasteiger partial charge in [0.25, 0.3) is 0 Å². The number of para-hydroxylation sites is 1. The molecule has 0 aliphatic heterocycles. The molecule has 0 spiro atoms. The lowest BCUT2D eigenvalue weighted by Crippen LogP contribution is -2.17. The van der Waals surface area contributed by atoms with Crippen molar-refractivity contribution in [3.63, 3.8) is 0 Å². The summed E-state index contributed by atoms with van der Waals surface area (Å²) < 4.78 is 85.7. The Morgan fingerprint density at radius 1 is 0.750 bits per heavy atom. The van der Waals surface area contributed by atoms with E-state index in [-0.39, 0.29) is 44.8 Å². The maximum absolute atomic E-state index is 13.0. The number of aromatic nitrogens is 1. The molecule has 0 fully saturated rings. The molecule has 15 heteroatoms. The summed E-state index contributed by atoms with van der Waals surface area (Å²) in [4.78, 5) is 11.4. The van der Waals surface area contributed by atoms with Crippen LogP contribution in [0.25, 0.3) is 27.7 Å². The number of hydrogen-bond donors (Lipinski definition) is 5. The van der Waals surface area contributed by atoms with Gasteiger partial charge in [-0.2, -0.15) is 0 Å². The van der Waals surface area contributed by atoms with Crippen LogP contribution < -0.4 is 20.3 Å². The summed E-state index contributed by atoms with van der Waals surface area (Å²) in [7, 11) is 0. The number of rotatable bonds is 8. The first-order chi connectivity index (χ1) is 20.7. The van der Waals surface area contributed by atoms with Gasteiger partial charge in [0.2, 0.25) is 5.88 Å². The molecule has 1 heterocycles. The second kappa shape index (κ2) is 11.2. The summed E-state index contributed by atoms with van der Waals surface area (Å²) in [5.74, 6) is -3.23. The fourth-order valence-corrected chi connectivity index (χ4v) is 4.46. The summed E-state index contributed by atoms with van der Waals surface area (Å²) in [6, 6.07) is 17.8. The minimum Gasteiger partial charge on any atom is -0.505 e. The van der Waals surface area contributed by atoms with Crippen LogP contribution in [0.4, 0.5) is 37.7 Å². The molecule has 44 heavy (non-hydrogen) atoms. The first-order valence-corrected chi connectivity index (χ1v) is 12.4. The number of phenols is 1. The third-order valence-corrected chi connectivity index (χ3v) is 6.25. The zero-order valence-corrected chi connectivity index (χ0v) is 21.9. The van der Waals surface area contributed by atoms with Gasteiger partial charge in [-0.15, -0.1) is 26.3 Å². The molecule has 4 aromatic carbocycles. The number of ether oxygens (including phenoxy) is 2. The van der Waals surface area contributed by atoms with Gasteiger partial charge in [-0.1, -0.05) is 24.3 Å². The van der Waals surface area contributed by atoms with E-state index in [0.717, 1.165) is 28.8 Å². The number of aromatic hydroxyl groups is 2. The molecule has 9 nitrogen and oxygen atoms in total. The van der Waals surface area contributed by atoms with E-state index in [2.05, 4.69) is 20.3 Å². The molecule has 0 amide bonds. The molecule has 0 radical (unpaired) electrons. The van der Waals surface area contributed by atoms with Crippen LogP contribution >= 0.6 is 0 Å². The number of halogens is 6. The van der Waals surface area contributed by atoms with Gasteiger partial charge in [-0.05, 0) is 66.2 Å². The molecular weight excluding hydrogens is 600 g/mol. The minimum absolute atomic E-state index is 0.00262. The first kappa shape index (κ1) is 29.8. The maximum atomic E-state index is 13.0. The van der Waals surface area contributed by atoms with Gasteiger partial charge in [0.1, 0.15) is 22.9 Å². The summed E-state index contributed by atoms with van der Waals surface area (Å²) in [6.07, 6.45) is -9.97. The molecule has 0 unspecified atom stereocenters. The second-order valence-corrected chi connectivity index (χ2v) is 9.14. The number of alkyl halides is 6. The Labute approximate surface area is 243 Å². The highest BCUT2D eigenvalue weighted by molar-refractivity contribution is 5.99. The Morgan fingerprint density at radius 3 is 2.05 bits per heavy atom. The Bertz CT molecular complexity index is 1850. The number of benzene rings is 4. The molecule has 0 bridgehead atoms. The summed E-state index contributed by atoms with van der Waals surface area (Å²) in [6.45, 7) is 0. The molecule has 0 saturated carbocycles. The molecule has 228 valence electrons. The highest BCUT2D eigenvalue weighted by atomic mass is 19.4. The van der Waals surface area contributed by atoms with Crippen molar-refractivity contribution in [2.24, 2.45) is 0 Å². The Kier molecular flexibility index (Phi) is 7.55. The van der Waals surface area contributed by atoms with Crippen molar-refractivity contribution in [1.82, 2.24) is 4.57 Å². The lowest BCUT2D eigenvalue weighted by Gasteiger charge is -2.14. The van der Waals surface area contributed by atoms with E-state index >= 15 is 0 Å². The fraction of sp³-hybridized carbons (Fsp3) is 0.0690. The standard InChI is InChI=1S/C29H19F6N3O6/c30-28(31,32)43-18-9-7-17(8-10-18)38-23-12-11-19(44-29(33,34)35)14-21(23)24(26(38)40)37-36-22-6-2-5-20(25(22)39)15-3-1-4-16(13-15)27(41)42/h1-14,36-37,39-40H,(H,41,42). The van der Waals surface area contributed by atoms with E-state index in [0.29, 0.717) is 5.56 Å². The van der Waals surface area contributed by atoms with Crippen LogP contribution in [0.15, 0.2) is 84.9 Å². The summed E-state index contributed by atoms with van der Waals surface area (Å²) in [5, 5.41) is 31.4. The van der Waals surface area contributed by atoms with E-state index < -0.39 is 36.1 Å². The van der Waals surface area contributed by atoms with E-state index in [1.54, 1.807) is 6.07 Å². The third kappa shape index (κ3) is 6.35. The quantitative estimate of drug-likeness (QED) is 0.0682. The number of carboxylic acids is 1. The smallest absolute Gasteiger partial charge is 0.505 e. The molecule has 5 rings (SSSR count). The minimum atomic E-state index is -5.03. The van der Waals surface area contributed by atoms with E-state index in [4.69, 9.17) is 0 Å². The molecule has 0 atom stereocenters. The number of nitrogens with zero attached hydrogens (tertiary/aromatic N) is 1. The fourth-order valence-electron chi connectivity index (χ4n) is 4.46. The Morgan fingerprint density at radius 2 is 1.39 bits per heavy atom. The van der Waals surface area contributed by atoms with Gasteiger partial charge in [0.05, 0.1) is 16.8 Å². The van der Waals surface area contributed by atoms with Crippen LogP contribution in [0, 0.1) is 0 Å². The zero-order valence-electron chi connectivity index (χ0n) is 21.9. The number of aromatic carboxylic acids is 1. The van der Waals surface area contributed by atoms with Crippen LogP contribution in [-0.4, -0.2) is 38.6 Å². The zero-order chi connectivity index (χ0) is 31.8. The van der Waals surface area contributed by atoms with Crippen LogP contribution in [0.5, 0.6) is 23.1 Å². The number of nitrogens with one attached hydrogen (secondary N) is 2. The van der Waals surface area contributed by atoms with Gasteiger partial charge >= 0.3 is 18.7 Å². The predicted octanol–water partition coefficient (Wildman–Crippen LogP) is 7.64. The number of hydrogen-bond acceptors (Lipinski definition) is 7. The molecule has 0 saturated heterocycles. The highest BCUT2D eigenvalue weighted by Gasteiger charge is 2.32. The third-order valence-electron chi connectivity index (χ3n) is 6.25. The monoisotopic (exact) mass is 619 g/mol. The van der Waals surface area contributed by atoms with Crippen LogP contribution in [0.2, 0.25) is 0 Å². The van der Waals surface area contributed by atoms with Gasteiger partial charge in [-0.25, -0.2) is 4.79 Å². The number of hydrazine groups is 1. The van der Waals surface area contributed by atoms with Crippen LogP contribution in [0.3, 0.4) is 0 Å². The molecule has 0 aliphatic carbocycles. The highest BCUT2D eigenvalue weighted by Crippen LogP contribution is 2.42. The molecule has 0 aliphatic rings. The average Bonchev–Trinajstić information content (AvgIpc) is 3.21. The number of fused-ring (bicyclic) bond motifs is 1. The Hall–Kier alpha value is -5.73. The van der Waals surface area contributed by atoms with E-state index in [9.17, 15) is 46.5 Å². The summed E-state index contributed by atoms with van der Waals surface area (Å²) >= 11 is 0. The molecular formula is C29H19F6N3O6. The SMILES string of the molecule is O=C(O)c1cccc(-c2cccc(NNc3c(O)n(-c4ccc(OC(F)(F)F)cc4)c4ccc(OC(F)(F)F)cc34)c2O)c1. The number of carbonyl (C=O) groups is 1. The Balaban J connectivity index is 1.54. The number of phenolic OH excluding ortho intramolecular Hbond substituents is 1. The van der Waals surface area contributed by atoms with Crippen molar-refractivity contribution in [2.45, 2.75) is 12.7 Å². The number of carboxylic acid groups (broad SMARTS) is 1. The van der Waals surface area contributed by atoms with Gasteiger partial charge in [-0.3, -0.25) is 15.4 Å². The first-order valence-electron chi connectivity index (χ1n) is 12.4. The van der Waals surface area contributed by atoms with Crippen molar-refractivity contribution < 1.29 is 55.9 Å². The predicted molar refractivity (Wildman–Crippen MR) is 146 cm³/mol. The van der Waals surface area contributed by atoms with Crippen molar-refractivity contribution in [3.05, 3.63) is 90.5 Å².